The van der Waals surface area contributed by atoms with Crippen LogP contribution in [-0.4, -0.2) is 16.6 Å². The van der Waals surface area contributed by atoms with Crippen molar-refractivity contribution in [3.63, 3.8) is 0 Å². The Morgan fingerprint density at radius 3 is 3.19 bits per heavy atom. The fourth-order valence-corrected chi connectivity index (χ4v) is 2.51. The van der Waals surface area contributed by atoms with E-state index in [1.165, 1.54) is 5.56 Å². The predicted octanol–water partition coefficient (Wildman–Crippen LogP) is 3.09. The number of aromatic amines is 1. The van der Waals surface area contributed by atoms with E-state index in [1.54, 1.807) is 6.33 Å². The van der Waals surface area contributed by atoms with Crippen molar-refractivity contribution in [2.24, 2.45) is 0 Å². The van der Waals surface area contributed by atoms with Gasteiger partial charge in [0, 0.05) is 22.2 Å². The molecule has 1 N–H and O–H groups in total. The SMILES string of the molecule is Brc1ccc2c(c1)C(c1c[nH]cn1)CCO2. The molecule has 1 aliphatic rings. The molecule has 16 heavy (non-hydrogen) atoms. The molecular weight excluding hydrogens is 268 g/mol. The first kappa shape index (κ1) is 9.90. The Bertz CT molecular complexity index is 496. The normalized spacial score (nSPS) is 18.9. The molecule has 3 rings (SSSR count). The Morgan fingerprint density at radius 1 is 1.44 bits per heavy atom. The number of nitrogens with one attached hydrogen (secondary N) is 1. The van der Waals surface area contributed by atoms with Crippen LogP contribution in [0.2, 0.25) is 0 Å². The number of fused-ring (bicyclic) bond motifs is 1. The molecule has 0 saturated carbocycles. The predicted molar refractivity (Wildman–Crippen MR) is 64.7 cm³/mol. The highest BCUT2D eigenvalue weighted by atomic mass is 79.9. The molecule has 1 aliphatic heterocycles. The quantitative estimate of drug-likeness (QED) is 0.871. The summed E-state index contributed by atoms with van der Waals surface area (Å²) in [5, 5.41) is 0. The monoisotopic (exact) mass is 278 g/mol. The van der Waals surface area contributed by atoms with E-state index in [2.05, 4.69) is 32.0 Å². The van der Waals surface area contributed by atoms with Gasteiger partial charge in [0.1, 0.15) is 5.75 Å². The van der Waals surface area contributed by atoms with Crippen LogP contribution in [-0.2, 0) is 0 Å². The third-order valence-corrected chi connectivity index (χ3v) is 3.38. The van der Waals surface area contributed by atoms with Crippen LogP contribution in [0, 0.1) is 0 Å². The van der Waals surface area contributed by atoms with Gasteiger partial charge in [-0.2, -0.15) is 0 Å². The maximum absolute atomic E-state index is 5.65. The van der Waals surface area contributed by atoms with Gasteiger partial charge in [-0.15, -0.1) is 0 Å². The van der Waals surface area contributed by atoms with Crippen molar-refractivity contribution in [2.75, 3.05) is 6.61 Å². The van der Waals surface area contributed by atoms with Gasteiger partial charge in [0.2, 0.25) is 0 Å². The average Bonchev–Trinajstić information content (AvgIpc) is 2.81. The Morgan fingerprint density at radius 2 is 2.38 bits per heavy atom. The lowest BCUT2D eigenvalue weighted by Crippen LogP contribution is -2.15. The van der Waals surface area contributed by atoms with Crippen LogP contribution >= 0.6 is 15.9 Å². The summed E-state index contributed by atoms with van der Waals surface area (Å²) in [6, 6.07) is 6.14. The zero-order valence-corrected chi connectivity index (χ0v) is 10.2. The van der Waals surface area contributed by atoms with Gasteiger partial charge >= 0.3 is 0 Å². The van der Waals surface area contributed by atoms with Crippen molar-refractivity contribution in [1.29, 1.82) is 0 Å². The van der Waals surface area contributed by atoms with E-state index in [4.69, 9.17) is 4.74 Å². The number of aromatic nitrogens is 2. The number of hydrogen-bond donors (Lipinski definition) is 1. The Hall–Kier alpha value is -1.29. The van der Waals surface area contributed by atoms with Crippen molar-refractivity contribution in [3.8, 4) is 5.75 Å². The van der Waals surface area contributed by atoms with Crippen LogP contribution in [0.15, 0.2) is 35.2 Å². The minimum atomic E-state index is 0.340. The van der Waals surface area contributed by atoms with E-state index in [0.29, 0.717) is 5.92 Å². The number of hydrogen-bond acceptors (Lipinski definition) is 2. The molecule has 0 saturated heterocycles. The molecule has 0 amide bonds. The molecule has 4 heteroatoms. The average molecular weight is 279 g/mol. The fourth-order valence-electron chi connectivity index (χ4n) is 2.13. The van der Waals surface area contributed by atoms with Crippen molar-refractivity contribution < 1.29 is 4.74 Å². The molecule has 3 nitrogen and oxygen atoms in total. The number of halogens is 1. The maximum Gasteiger partial charge on any atom is 0.123 e. The van der Waals surface area contributed by atoms with E-state index in [0.717, 1.165) is 28.9 Å². The summed E-state index contributed by atoms with van der Waals surface area (Å²) in [5.41, 5.74) is 2.30. The first-order valence-electron chi connectivity index (χ1n) is 5.25. The van der Waals surface area contributed by atoms with Gasteiger partial charge in [0.25, 0.3) is 0 Å². The molecule has 1 atom stereocenters. The topological polar surface area (TPSA) is 37.9 Å². The zero-order valence-electron chi connectivity index (χ0n) is 8.61. The third kappa shape index (κ3) is 1.63. The summed E-state index contributed by atoms with van der Waals surface area (Å²) in [4.78, 5) is 7.35. The summed E-state index contributed by atoms with van der Waals surface area (Å²) in [5.74, 6) is 1.31. The Kier molecular flexibility index (Phi) is 2.44. The van der Waals surface area contributed by atoms with Gasteiger partial charge in [-0.05, 0) is 24.6 Å². The minimum Gasteiger partial charge on any atom is -0.493 e. The molecule has 1 unspecified atom stereocenters. The van der Waals surface area contributed by atoms with E-state index < -0.39 is 0 Å². The molecule has 0 fully saturated rings. The lowest BCUT2D eigenvalue weighted by atomic mass is 9.91. The smallest absolute Gasteiger partial charge is 0.123 e. The zero-order chi connectivity index (χ0) is 11.0. The van der Waals surface area contributed by atoms with Crippen LogP contribution < -0.4 is 4.74 Å². The number of imidazole rings is 1. The molecule has 82 valence electrons. The first-order chi connectivity index (χ1) is 7.84. The van der Waals surface area contributed by atoms with Crippen molar-refractivity contribution in [3.05, 3.63) is 46.5 Å². The van der Waals surface area contributed by atoms with Gasteiger partial charge in [0.15, 0.2) is 0 Å². The summed E-state index contributed by atoms with van der Waals surface area (Å²) in [6.45, 7) is 0.756. The highest BCUT2D eigenvalue weighted by molar-refractivity contribution is 9.10. The van der Waals surface area contributed by atoms with Crippen LogP contribution in [0.1, 0.15) is 23.6 Å². The molecule has 2 aromatic rings. The van der Waals surface area contributed by atoms with E-state index in [1.807, 2.05) is 18.3 Å². The van der Waals surface area contributed by atoms with Gasteiger partial charge in [-0.3, -0.25) is 0 Å². The van der Waals surface area contributed by atoms with Gasteiger partial charge < -0.3 is 9.72 Å². The molecule has 1 aromatic carbocycles. The molecule has 1 aromatic heterocycles. The summed E-state index contributed by atoms with van der Waals surface area (Å²) in [6.07, 6.45) is 4.66. The number of nitrogens with zero attached hydrogens (tertiary/aromatic N) is 1. The van der Waals surface area contributed by atoms with E-state index in [-0.39, 0.29) is 0 Å². The molecular formula is C12H11BrN2O. The number of ether oxygens (including phenoxy) is 1. The second-order valence-corrected chi connectivity index (χ2v) is 4.78. The van der Waals surface area contributed by atoms with Crippen LogP contribution in [0.5, 0.6) is 5.75 Å². The summed E-state index contributed by atoms with van der Waals surface area (Å²) in [7, 11) is 0. The number of benzene rings is 1. The lowest BCUT2D eigenvalue weighted by Gasteiger charge is -2.24. The molecule has 0 aliphatic carbocycles. The summed E-state index contributed by atoms with van der Waals surface area (Å²) < 4.78 is 6.73. The van der Waals surface area contributed by atoms with Crippen LogP contribution in [0.3, 0.4) is 0 Å². The Labute approximate surface area is 102 Å². The third-order valence-electron chi connectivity index (χ3n) is 2.89. The van der Waals surface area contributed by atoms with Crippen molar-refractivity contribution >= 4 is 15.9 Å². The summed E-state index contributed by atoms with van der Waals surface area (Å²) >= 11 is 3.50. The van der Waals surface area contributed by atoms with Crippen molar-refractivity contribution in [1.82, 2.24) is 9.97 Å². The maximum atomic E-state index is 5.65. The standard InChI is InChI=1S/C12H11BrN2O/c13-8-1-2-12-10(5-8)9(3-4-16-12)11-6-14-7-15-11/h1-2,5-7,9H,3-4H2,(H,14,15). The van der Waals surface area contributed by atoms with Crippen LogP contribution in [0.25, 0.3) is 0 Å². The van der Waals surface area contributed by atoms with Crippen molar-refractivity contribution in [2.45, 2.75) is 12.3 Å². The second kappa shape index (κ2) is 3.94. The highest BCUT2D eigenvalue weighted by Crippen LogP contribution is 2.38. The number of H-pyrrole nitrogens is 1. The van der Waals surface area contributed by atoms with Gasteiger partial charge in [-0.1, -0.05) is 15.9 Å². The Balaban J connectivity index is 2.08. The van der Waals surface area contributed by atoms with Gasteiger partial charge in [0.05, 0.1) is 18.6 Å². The molecule has 2 heterocycles. The molecule has 0 spiro atoms. The highest BCUT2D eigenvalue weighted by Gasteiger charge is 2.24. The minimum absolute atomic E-state index is 0.340. The number of rotatable bonds is 1. The fraction of sp³-hybridized carbons (Fsp3) is 0.250. The second-order valence-electron chi connectivity index (χ2n) is 3.87. The van der Waals surface area contributed by atoms with Gasteiger partial charge in [-0.25, -0.2) is 4.98 Å². The van der Waals surface area contributed by atoms with Crippen LogP contribution in [0.4, 0.5) is 0 Å². The lowest BCUT2D eigenvalue weighted by molar-refractivity contribution is 0.276. The molecule has 0 radical (unpaired) electrons. The largest absolute Gasteiger partial charge is 0.493 e. The van der Waals surface area contributed by atoms with E-state index >= 15 is 0 Å². The molecule has 0 bridgehead atoms. The van der Waals surface area contributed by atoms with E-state index in [9.17, 15) is 0 Å². The first-order valence-corrected chi connectivity index (χ1v) is 6.05.